The molecular weight excluding hydrogens is 271 g/mol. The molecule has 0 aromatic heterocycles. The molecule has 0 saturated carbocycles. The van der Waals surface area contributed by atoms with Gasteiger partial charge < -0.3 is 16.0 Å². The molecule has 0 heterocycles. The molecule has 0 unspecified atom stereocenters. The maximum Gasteiger partial charge on any atom is 0.416 e. The molecule has 0 aliphatic carbocycles. The van der Waals surface area contributed by atoms with Gasteiger partial charge in [-0.1, -0.05) is 6.07 Å². The molecule has 0 atom stereocenters. The summed E-state index contributed by atoms with van der Waals surface area (Å²) in [5.74, 6) is -0.148. The summed E-state index contributed by atoms with van der Waals surface area (Å²) < 4.78 is 38.7. The van der Waals surface area contributed by atoms with Crippen LogP contribution >= 0.6 is 0 Å². The monoisotopic (exact) mass is 289 g/mol. The third-order valence-electron chi connectivity index (χ3n) is 2.88. The zero-order valence-electron chi connectivity index (χ0n) is 11.4. The Morgan fingerprint density at radius 3 is 2.60 bits per heavy atom. The number of carbonyl (C=O) groups excluding carboxylic acids is 1. The molecule has 0 saturated heterocycles. The van der Waals surface area contributed by atoms with Crippen molar-refractivity contribution < 1.29 is 18.0 Å². The van der Waals surface area contributed by atoms with Crippen molar-refractivity contribution in [3.63, 3.8) is 0 Å². The lowest BCUT2D eigenvalue weighted by molar-refractivity contribution is -0.138. The Morgan fingerprint density at radius 2 is 2.05 bits per heavy atom. The average Bonchev–Trinajstić information content (AvgIpc) is 2.36. The van der Waals surface area contributed by atoms with Crippen LogP contribution in [0.1, 0.15) is 17.5 Å². The quantitative estimate of drug-likeness (QED) is 0.813. The van der Waals surface area contributed by atoms with Crippen molar-refractivity contribution in [3.05, 3.63) is 29.3 Å². The summed E-state index contributed by atoms with van der Waals surface area (Å²) in [4.78, 5) is 12.8. The van der Waals surface area contributed by atoms with Crippen LogP contribution in [0.4, 0.5) is 18.9 Å². The van der Waals surface area contributed by atoms with E-state index in [4.69, 9.17) is 5.73 Å². The number of nitrogens with two attached hydrogens (primary N) is 1. The van der Waals surface area contributed by atoms with Crippen molar-refractivity contribution >= 4 is 11.6 Å². The van der Waals surface area contributed by atoms with Gasteiger partial charge in [-0.15, -0.1) is 0 Å². The van der Waals surface area contributed by atoms with Gasteiger partial charge in [0.05, 0.1) is 5.56 Å². The first-order valence-electron chi connectivity index (χ1n) is 6.08. The largest absolute Gasteiger partial charge is 0.416 e. The van der Waals surface area contributed by atoms with Crippen LogP contribution < -0.4 is 11.1 Å². The third-order valence-corrected chi connectivity index (χ3v) is 2.88. The summed E-state index contributed by atoms with van der Waals surface area (Å²) in [6.07, 6.45) is -4.20. The molecule has 4 nitrogen and oxygen atoms in total. The first-order valence-corrected chi connectivity index (χ1v) is 6.08. The number of anilines is 1. The van der Waals surface area contributed by atoms with Crippen LogP contribution in [0.3, 0.4) is 0 Å². The SMILES string of the molecule is CNC(=O)CCN(C)Cc1ccc(N)cc1C(F)(F)F. The maximum atomic E-state index is 12.9. The van der Waals surface area contributed by atoms with Gasteiger partial charge in [0.2, 0.25) is 5.91 Å². The molecule has 0 aliphatic heterocycles. The van der Waals surface area contributed by atoms with Crippen molar-refractivity contribution in [1.29, 1.82) is 0 Å². The molecule has 1 rings (SSSR count). The molecule has 0 aliphatic rings. The van der Waals surface area contributed by atoms with Crippen LogP contribution in [0.5, 0.6) is 0 Å². The Kier molecular flexibility index (Phi) is 5.38. The van der Waals surface area contributed by atoms with Crippen LogP contribution in [0.15, 0.2) is 18.2 Å². The van der Waals surface area contributed by atoms with Crippen molar-refractivity contribution in [2.75, 3.05) is 26.4 Å². The number of hydrogen-bond donors (Lipinski definition) is 2. The van der Waals surface area contributed by atoms with E-state index in [-0.39, 0.29) is 30.1 Å². The Hall–Kier alpha value is -1.76. The maximum absolute atomic E-state index is 12.9. The second-order valence-corrected chi connectivity index (χ2v) is 4.58. The van der Waals surface area contributed by atoms with Gasteiger partial charge in [-0.2, -0.15) is 13.2 Å². The zero-order valence-corrected chi connectivity index (χ0v) is 11.4. The second-order valence-electron chi connectivity index (χ2n) is 4.58. The Morgan fingerprint density at radius 1 is 1.40 bits per heavy atom. The average molecular weight is 289 g/mol. The molecule has 1 amide bonds. The van der Waals surface area contributed by atoms with Gasteiger partial charge >= 0.3 is 6.18 Å². The number of rotatable bonds is 5. The van der Waals surface area contributed by atoms with Crippen molar-refractivity contribution in [2.45, 2.75) is 19.1 Å². The highest BCUT2D eigenvalue weighted by atomic mass is 19.4. The van der Waals surface area contributed by atoms with Gasteiger partial charge in [0.15, 0.2) is 0 Å². The Bertz CT molecular complexity index is 474. The van der Waals surface area contributed by atoms with E-state index in [1.165, 1.54) is 19.2 Å². The predicted octanol–water partition coefficient (Wildman–Crippen LogP) is 1.86. The highest BCUT2D eigenvalue weighted by Gasteiger charge is 2.33. The van der Waals surface area contributed by atoms with E-state index in [1.807, 2.05) is 0 Å². The molecular formula is C13H18F3N3O. The lowest BCUT2D eigenvalue weighted by atomic mass is 10.1. The summed E-state index contributed by atoms with van der Waals surface area (Å²) in [7, 11) is 3.18. The van der Waals surface area contributed by atoms with Crippen LogP contribution in [0.25, 0.3) is 0 Å². The molecule has 3 N–H and O–H groups in total. The number of benzene rings is 1. The molecule has 7 heteroatoms. The van der Waals surface area contributed by atoms with E-state index in [2.05, 4.69) is 5.32 Å². The first kappa shape index (κ1) is 16.3. The predicted molar refractivity (Wildman–Crippen MR) is 70.9 cm³/mol. The Balaban J connectivity index is 2.79. The fourth-order valence-electron chi connectivity index (χ4n) is 1.78. The minimum Gasteiger partial charge on any atom is -0.399 e. The van der Waals surface area contributed by atoms with Gasteiger partial charge in [0.1, 0.15) is 0 Å². The van der Waals surface area contributed by atoms with Crippen molar-refractivity contribution in [3.8, 4) is 0 Å². The number of nitrogen functional groups attached to an aromatic ring is 1. The lowest BCUT2D eigenvalue weighted by Gasteiger charge is -2.20. The molecule has 1 aromatic carbocycles. The first-order chi connectivity index (χ1) is 9.24. The zero-order chi connectivity index (χ0) is 15.3. The van der Waals surface area contributed by atoms with E-state index in [0.717, 1.165) is 6.07 Å². The second kappa shape index (κ2) is 6.60. The van der Waals surface area contributed by atoms with E-state index in [0.29, 0.717) is 6.54 Å². The minimum atomic E-state index is -4.44. The van der Waals surface area contributed by atoms with Crippen LogP contribution in [0, 0.1) is 0 Å². The van der Waals surface area contributed by atoms with Crippen LogP contribution in [-0.4, -0.2) is 31.4 Å². The van der Waals surface area contributed by atoms with E-state index < -0.39 is 11.7 Å². The normalized spacial score (nSPS) is 11.7. The van der Waals surface area contributed by atoms with Crippen LogP contribution in [0.2, 0.25) is 0 Å². The Labute approximate surface area is 115 Å². The standard InChI is InChI=1S/C13H18F3N3O/c1-18-12(20)5-6-19(2)8-9-3-4-10(17)7-11(9)13(14,15)16/h3-4,7H,5-6,8,17H2,1-2H3,(H,18,20). The molecule has 20 heavy (non-hydrogen) atoms. The summed E-state index contributed by atoms with van der Waals surface area (Å²) in [6.45, 7) is 0.480. The van der Waals surface area contributed by atoms with E-state index >= 15 is 0 Å². The molecule has 1 aromatic rings. The summed E-state index contributed by atoms with van der Waals surface area (Å²) in [5, 5.41) is 2.47. The van der Waals surface area contributed by atoms with Gasteiger partial charge in [0, 0.05) is 32.2 Å². The van der Waals surface area contributed by atoms with Crippen LogP contribution in [-0.2, 0) is 17.5 Å². The number of alkyl halides is 3. The summed E-state index contributed by atoms with van der Waals surface area (Å²) in [5.41, 5.74) is 4.90. The molecule has 0 radical (unpaired) electrons. The number of amides is 1. The highest BCUT2D eigenvalue weighted by molar-refractivity contribution is 5.75. The van der Waals surface area contributed by atoms with Crippen molar-refractivity contribution in [1.82, 2.24) is 10.2 Å². The lowest BCUT2D eigenvalue weighted by Crippen LogP contribution is -2.27. The van der Waals surface area contributed by atoms with Crippen molar-refractivity contribution in [2.24, 2.45) is 0 Å². The van der Waals surface area contributed by atoms with Gasteiger partial charge in [0.25, 0.3) is 0 Å². The molecule has 0 bridgehead atoms. The van der Waals surface area contributed by atoms with Gasteiger partial charge in [-0.3, -0.25) is 4.79 Å². The number of hydrogen-bond acceptors (Lipinski definition) is 3. The fourth-order valence-corrected chi connectivity index (χ4v) is 1.78. The fraction of sp³-hybridized carbons (Fsp3) is 0.462. The van der Waals surface area contributed by atoms with Gasteiger partial charge in [-0.25, -0.2) is 0 Å². The number of halogens is 3. The minimum absolute atomic E-state index is 0.0779. The highest BCUT2D eigenvalue weighted by Crippen LogP contribution is 2.33. The third kappa shape index (κ3) is 4.73. The number of nitrogens with zero attached hydrogens (tertiary/aromatic N) is 1. The summed E-state index contributed by atoms with van der Waals surface area (Å²) in [6, 6.07) is 3.74. The molecule has 112 valence electrons. The number of carbonyl (C=O) groups is 1. The van der Waals surface area contributed by atoms with E-state index in [1.54, 1.807) is 11.9 Å². The summed E-state index contributed by atoms with van der Waals surface area (Å²) >= 11 is 0. The van der Waals surface area contributed by atoms with Gasteiger partial charge in [-0.05, 0) is 24.7 Å². The number of nitrogens with one attached hydrogen (secondary N) is 1. The smallest absolute Gasteiger partial charge is 0.399 e. The topological polar surface area (TPSA) is 58.4 Å². The molecule has 0 spiro atoms. The van der Waals surface area contributed by atoms with E-state index in [9.17, 15) is 18.0 Å². The molecule has 0 fully saturated rings.